The number of hydrogen-bond acceptors (Lipinski definition) is 4. The predicted octanol–water partition coefficient (Wildman–Crippen LogP) is 2.73. The third-order valence-electron chi connectivity index (χ3n) is 2.25. The quantitative estimate of drug-likeness (QED) is 0.686. The highest BCUT2D eigenvalue weighted by Crippen LogP contribution is 2.38. The molecule has 0 radical (unpaired) electrons. The van der Waals surface area contributed by atoms with Crippen LogP contribution < -0.4 is 4.74 Å². The number of methoxy groups -OCH3 is 1. The standard InChI is InChI=1S/C11H12BrNO3/c1-11(2,13-6-14)7-4-9(15)10(16-3)5-8(7)12/h4-5,15H,1-3H3. The Hall–Kier alpha value is -1.32. The fourth-order valence-electron chi connectivity index (χ4n) is 1.35. The third-order valence-corrected chi connectivity index (χ3v) is 2.91. The highest BCUT2D eigenvalue weighted by Gasteiger charge is 2.24. The van der Waals surface area contributed by atoms with Crippen molar-refractivity contribution >= 4 is 22.0 Å². The lowest BCUT2D eigenvalue weighted by molar-refractivity contribution is 0.371. The van der Waals surface area contributed by atoms with Gasteiger partial charge in [0.25, 0.3) is 0 Å². The second-order valence-corrected chi connectivity index (χ2v) is 4.62. The Morgan fingerprint density at radius 3 is 2.62 bits per heavy atom. The summed E-state index contributed by atoms with van der Waals surface area (Å²) in [5.74, 6) is 0.372. The van der Waals surface area contributed by atoms with E-state index in [2.05, 4.69) is 20.9 Å². The lowest BCUT2D eigenvalue weighted by atomic mass is 9.95. The molecule has 0 aliphatic heterocycles. The smallest absolute Gasteiger partial charge is 0.235 e. The molecule has 0 heterocycles. The number of isocyanates is 1. The van der Waals surface area contributed by atoms with Crippen molar-refractivity contribution < 1.29 is 14.6 Å². The molecule has 5 heteroatoms. The largest absolute Gasteiger partial charge is 0.504 e. The van der Waals surface area contributed by atoms with Crippen LogP contribution in [0.4, 0.5) is 0 Å². The number of rotatable bonds is 3. The van der Waals surface area contributed by atoms with E-state index in [0.717, 1.165) is 0 Å². The molecule has 1 aromatic carbocycles. The first-order chi connectivity index (χ1) is 7.42. The predicted molar refractivity (Wildman–Crippen MR) is 63.5 cm³/mol. The van der Waals surface area contributed by atoms with Crippen molar-refractivity contribution in [3.05, 3.63) is 22.2 Å². The van der Waals surface area contributed by atoms with Gasteiger partial charge >= 0.3 is 0 Å². The fourth-order valence-corrected chi connectivity index (χ4v) is 2.16. The van der Waals surface area contributed by atoms with Crippen molar-refractivity contribution in [1.29, 1.82) is 0 Å². The molecule has 0 saturated carbocycles. The summed E-state index contributed by atoms with van der Waals surface area (Å²) in [6.07, 6.45) is 1.52. The monoisotopic (exact) mass is 285 g/mol. The van der Waals surface area contributed by atoms with Gasteiger partial charge in [0.1, 0.15) is 0 Å². The van der Waals surface area contributed by atoms with Gasteiger partial charge in [0.15, 0.2) is 11.5 Å². The molecule has 86 valence electrons. The zero-order chi connectivity index (χ0) is 12.3. The number of phenols is 1. The lowest BCUT2D eigenvalue weighted by Gasteiger charge is -2.20. The number of ether oxygens (including phenoxy) is 1. The summed E-state index contributed by atoms with van der Waals surface area (Å²) in [5, 5.41) is 9.66. The fraction of sp³-hybridized carbons (Fsp3) is 0.364. The summed E-state index contributed by atoms with van der Waals surface area (Å²) in [4.78, 5) is 14.0. The zero-order valence-corrected chi connectivity index (χ0v) is 10.8. The van der Waals surface area contributed by atoms with E-state index in [9.17, 15) is 9.90 Å². The van der Waals surface area contributed by atoms with Crippen molar-refractivity contribution in [2.45, 2.75) is 19.4 Å². The molecule has 0 aliphatic carbocycles. The van der Waals surface area contributed by atoms with Gasteiger partial charge in [-0.2, -0.15) is 4.99 Å². The highest BCUT2D eigenvalue weighted by molar-refractivity contribution is 9.10. The molecule has 0 atom stereocenters. The Morgan fingerprint density at radius 2 is 2.12 bits per heavy atom. The van der Waals surface area contributed by atoms with Gasteiger partial charge in [-0.25, -0.2) is 4.79 Å². The van der Waals surface area contributed by atoms with Crippen LogP contribution in [0.1, 0.15) is 19.4 Å². The van der Waals surface area contributed by atoms with Crippen molar-refractivity contribution in [2.75, 3.05) is 7.11 Å². The maximum Gasteiger partial charge on any atom is 0.235 e. The number of benzene rings is 1. The molecule has 0 unspecified atom stereocenters. The van der Waals surface area contributed by atoms with Crippen molar-refractivity contribution in [1.82, 2.24) is 0 Å². The minimum absolute atomic E-state index is 0.00914. The molecule has 1 N–H and O–H groups in total. The summed E-state index contributed by atoms with van der Waals surface area (Å²) in [7, 11) is 1.47. The number of aliphatic imine (C=N–C) groups is 1. The number of carbonyl (C=O) groups excluding carboxylic acids is 1. The summed E-state index contributed by atoms with van der Waals surface area (Å²) >= 11 is 3.35. The molecule has 0 spiro atoms. The number of aromatic hydroxyl groups is 1. The lowest BCUT2D eigenvalue weighted by Crippen LogP contribution is -2.14. The summed E-state index contributed by atoms with van der Waals surface area (Å²) in [6.45, 7) is 3.51. The average molecular weight is 286 g/mol. The maximum atomic E-state index is 10.3. The van der Waals surface area contributed by atoms with Crippen LogP contribution in [0.5, 0.6) is 11.5 Å². The molecule has 1 aromatic rings. The van der Waals surface area contributed by atoms with E-state index in [-0.39, 0.29) is 5.75 Å². The Labute approximate surface area is 102 Å². The highest BCUT2D eigenvalue weighted by atomic mass is 79.9. The number of hydrogen-bond donors (Lipinski definition) is 1. The van der Waals surface area contributed by atoms with Gasteiger partial charge in [0.2, 0.25) is 6.08 Å². The van der Waals surface area contributed by atoms with Gasteiger partial charge < -0.3 is 9.84 Å². The molecule has 1 rings (SSSR count). The van der Waals surface area contributed by atoms with E-state index in [0.29, 0.717) is 15.8 Å². The molecular formula is C11H12BrNO3. The van der Waals surface area contributed by atoms with Crippen LogP contribution >= 0.6 is 15.9 Å². The van der Waals surface area contributed by atoms with Crippen LogP contribution in [0.3, 0.4) is 0 Å². The van der Waals surface area contributed by atoms with Gasteiger partial charge in [-0.05, 0) is 31.5 Å². The van der Waals surface area contributed by atoms with E-state index >= 15 is 0 Å². The molecule has 0 bridgehead atoms. The molecule has 0 saturated heterocycles. The third kappa shape index (κ3) is 2.43. The van der Waals surface area contributed by atoms with Gasteiger partial charge in [-0.3, -0.25) is 0 Å². The number of phenolic OH excluding ortho intramolecular Hbond substituents is 1. The molecule has 0 aromatic heterocycles. The molecule has 0 amide bonds. The Bertz CT molecular complexity index is 451. The van der Waals surface area contributed by atoms with Crippen molar-refractivity contribution in [3.63, 3.8) is 0 Å². The zero-order valence-electron chi connectivity index (χ0n) is 9.24. The van der Waals surface area contributed by atoms with Gasteiger partial charge in [-0.15, -0.1) is 0 Å². The number of halogens is 1. The first-order valence-corrected chi connectivity index (χ1v) is 5.37. The summed E-state index contributed by atoms with van der Waals surface area (Å²) < 4.78 is 5.68. The second-order valence-electron chi connectivity index (χ2n) is 3.77. The first-order valence-electron chi connectivity index (χ1n) is 4.58. The van der Waals surface area contributed by atoms with Gasteiger partial charge in [-0.1, -0.05) is 15.9 Å². The average Bonchev–Trinajstić information content (AvgIpc) is 2.20. The van der Waals surface area contributed by atoms with Crippen LogP contribution in [-0.4, -0.2) is 18.3 Å². The van der Waals surface area contributed by atoms with Crippen LogP contribution in [0.15, 0.2) is 21.6 Å². The molecular weight excluding hydrogens is 274 g/mol. The Kier molecular flexibility index (Phi) is 3.73. The van der Waals surface area contributed by atoms with Crippen LogP contribution in [-0.2, 0) is 10.3 Å². The Morgan fingerprint density at radius 1 is 1.50 bits per heavy atom. The number of nitrogens with zero attached hydrogens (tertiary/aromatic N) is 1. The van der Waals surface area contributed by atoms with E-state index in [1.807, 2.05) is 0 Å². The van der Waals surface area contributed by atoms with Gasteiger partial charge in [0, 0.05) is 4.47 Å². The first kappa shape index (κ1) is 12.7. The van der Waals surface area contributed by atoms with Gasteiger partial charge in [0.05, 0.1) is 12.6 Å². The van der Waals surface area contributed by atoms with Crippen LogP contribution in [0.25, 0.3) is 0 Å². The molecule has 16 heavy (non-hydrogen) atoms. The van der Waals surface area contributed by atoms with E-state index in [1.165, 1.54) is 19.3 Å². The minimum Gasteiger partial charge on any atom is -0.504 e. The molecule has 0 aliphatic rings. The minimum atomic E-state index is -0.746. The summed E-state index contributed by atoms with van der Waals surface area (Å²) in [6, 6.07) is 3.15. The Balaban J connectivity index is 3.36. The van der Waals surface area contributed by atoms with Crippen LogP contribution in [0.2, 0.25) is 0 Å². The topological polar surface area (TPSA) is 58.9 Å². The van der Waals surface area contributed by atoms with Crippen molar-refractivity contribution in [3.8, 4) is 11.5 Å². The summed E-state index contributed by atoms with van der Waals surface area (Å²) in [5.41, 5.74) is -0.0567. The second kappa shape index (κ2) is 4.68. The van der Waals surface area contributed by atoms with E-state index in [4.69, 9.17) is 4.74 Å². The SMILES string of the molecule is COc1cc(Br)c(C(C)(C)N=C=O)cc1O. The normalized spacial score (nSPS) is 10.8. The molecule has 0 fully saturated rings. The van der Waals surface area contributed by atoms with Crippen molar-refractivity contribution in [2.24, 2.45) is 4.99 Å². The molecule has 4 nitrogen and oxygen atoms in total. The van der Waals surface area contributed by atoms with E-state index in [1.54, 1.807) is 19.9 Å². The van der Waals surface area contributed by atoms with Crippen LogP contribution in [0, 0.1) is 0 Å². The maximum absolute atomic E-state index is 10.3. The van der Waals surface area contributed by atoms with E-state index < -0.39 is 5.54 Å².